The first-order chi connectivity index (χ1) is 16.3. The molecule has 1 fully saturated rings. The number of carbonyl (C=O) groups is 3. The zero-order valence-electron chi connectivity index (χ0n) is 19.5. The zero-order valence-corrected chi connectivity index (χ0v) is 20.4. The van der Waals surface area contributed by atoms with Crippen LogP contribution in [0.5, 0.6) is 0 Å². The Morgan fingerprint density at radius 1 is 1.18 bits per heavy atom. The lowest BCUT2D eigenvalue weighted by atomic mass is 9.83. The average molecular weight is 484 g/mol. The fraction of sp³-hybridized carbons (Fsp3) is 0.500. The number of nitrogens with one attached hydrogen (secondary N) is 2. The van der Waals surface area contributed by atoms with Crippen LogP contribution in [0.2, 0.25) is 0 Å². The predicted octanol–water partition coefficient (Wildman–Crippen LogP) is 3.37. The van der Waals surface area contributed by atoms with Crippen LogP contribution < -0.4 is 10.6 Å². The second-order valence-electron chi connectivity index (χ2n) is 8.79. The summed E-state index contributed by atoms with van der Waals surface area (Å²) in [6.07, 6.45) is 5.25. The van der Waals surface area contributed by atoms with Crippen LogP contribution in [0.4, 0.5) is 0 Å². The Hall–Kier alpha value is -3.19. The van der Waals surface area contributed by atoms with Crippen molar-refractivity contribution in [2.24, 2.45) is 11.8 Å². The van der Waals surface area contributed by atoms with Gasteiger partial charge in [-0.25, -0.2) is 0 Å². The first-order valence-electron chi connectivity index (χ1n) is 11.4. The van der Waals surface area contributed by atoms with Crippen molar-refractivity contribution in [1.29, 1.82) is 5.26 Å². The number of rotatable bonds is 9. The smallest absolute Gasteiger partial charge is 0.286 e. The Kier molecular flexibility index (Phi) is 8.82. The largest absolute Gasteiger partial charge is 0.408 e. The van der Waals surface area contributed by atoms with E-state index in [-0.39, 0.29) is 34.9 Å². The molecular weight excluding hydrogens is 454 g/mol. The summed E-state index contributed by atoms with van der Waals surface area (Å²) in [7, 11) is 0. The lowest BCUT2D eigenvalue weighted by Crippen LogP contribution is -2.52. The van der Waals surface area contributed by atoms with Gasteiger partial charge in [0.05, 0.1) is 23.6 Å². The van der Waals surface area contributed by atoms with Crippen molar-refractivity contribution in [2.45, 2.75) is 63.3 Å². The molecule has 9 nitrogen and oxygen atoms in total. The van der Waals surface area contributed by atoms with Crippen LogP contribution in [0.3, 0.4) is 0 Å². The first kappa shape index (κ1) is 25.4. The Labute approximate surface area is 203 Å². The highest BCUT2D eigenvalue weighted by molar-refractivity contribution is 7.98. The second kappa shape index (κ2) is 11.8. The highest BCUT2D eigenvalue weighted by Gasteiger charge is 2.35. The normalized spacial score (nSPS) is 18.7. The molecule has 34 heavy (non-hydrogen) atoms. The number of hydrogen-bond acceptors (Lipinski definition) is 8. The molecule has 1 aromatic carbocycles. The minimum absolute atomic E-state index is 0.121. The van der Waals surface area contributed by atoms with Crippen LogP contribution >= 0.6 is 11.8 Å². The molecule has 1 aromatic heterocycles. The van der Waals surface area contributed by atoms with E-state index in [9.17, 15) is 14.4 Å². The number of aromatic nitrogens is 2. The molecule has 1 saturated carbocycles. The van der Waals surface area contributed by atoms with Gasteiger partial charge in [-0.05, 0) is 55.7 Å². The molecule has 2 N–H and O–H groups in total. The lowest BCUT2D eigenvalue weighted by Gasteiger charge is -2.32. The fourth-order valence-corrected chi connectivity index (χ4v) is 4.37. The molecule has 1 heterocycles. The number of ketones is 1. The SMILES string of the molecule is CSc1nnc(C(=O)[C@H](CC(C)C)NC(=O)[C@@H]2CCCC[C@@H]2NC(=O)c2ccc(C#N)cc2)o1. The van der Waals surface area contributed by atoms with Gasteiger partial charge < -0.3 is 15.1 Å². The summed E-state index contributed by atoms with van der Waals surface area (Å²) in [6.45, 7) is 3.93. The minimum Gasteiger partial charge on any atom is -0.408 e. The van der Waals surface area contributed by atoms with E-state index in [1.807, 2.05) is 19.9 Å². The molecule has 1 aliphatic rings. The van der Waals surface area contributed by atoms with Crippen LogP contribution in [0.25, 0.3) is 0 Å². The fourth-order valence-electron chi connectivity index (χ4n) is 4.09. The lowest BCUT2D eigenvalue weighted by molar-refractivity contribution is -0.127. The maximum atomic E-state index is 13.3. The number of benzene rings is 1. The zero-order chi connectivity index (χ0) is 24.7. The van der Waals surface area contributed by atoms with Gasteiger partial charge in [0.25, 0.3) is 17.0 Å². The summed E-state index contributed by atoms with van der Waals surface area (Å²) in [5, 5.41) is 22.7. The van der Waals surface area contributed by atoms with Crippen LogP contribution in [0.1, 0.15) is 72.6 Å². The van der Waals surface area contributed by atoms with Crippen LogP contribution in [-0.4, -0.2) is 46.1 Å². The molecule has 0 bridgehead atoms. The van der Waals surface area contributed by atoms with E-state index in [1.54, 1.807) is 30.5 Å². The molecule has 10 heteroatoms. The number of Topliss-reactive ketones (excluding diaryl/α,β-unsaturated/α-hetero) is 1. The number of amides is 2. The molecule has 180 valence electrons. The van der Waals surface area contributed by atoms with E-state index >= 15 is 0 Å². The second-order valence-corrected chi connectivity index (χ2v) is 9.55. The summed E-state index contributed by atoms with van der Waals surface area (Å²) in [6, 6.07) is 7.24. The standard InChI is InChI=1S/C24H29N5O4S/c1-14(2)12-19(20(30)23-28-29-24(33-23)34-3)27-22(32)17-6-4-5-7-18(17)26-21(31)16-10-8-15(13-25)9-11-16/h8-11,14,17-19H,4-7,12H2,1-3H3,(H,26,31)(H,27,32)/t17-,18+,19+/m1/s1. The van der Waals surface area contributed by atoms with E-state index in [2.05, 4.69) is 20.8 Å². The number of nitriles is 1. The third kappa shape index (κ3) is 6.44. The Balaban J connectivity index is 1.71. The van der Waals surface area contributed by atoms with Crippen molar-refractivity contribution < 1.29 is 18.8 Å². The number of hydrogen-bond donors (Lipinski definition) is 2. The van der Waals surface area contributed by atoms with E-state index < -0.39 is 17.7 Å². The Morgan fingerprint density at radius 3 is 2.50 bits per heavy atom. The van der Waals surface area contributed by atoms with Gasteiger partial charge >= 0.3 is 0 Å². The molecule has 0 radical (unpaired) electrons. The van der Waals surface area contributed by atoms with Gasteiger partial charge in [-0.2, -0.15) is 5.26 Å². The minimum atomic E-state index is -0.792. The van der Waals surface area contributed by atoms with Crippen molar-refractivity contribution >= 4 is 29.4 Å². The summed E-state index contributed by atoms with van der Waals surface area (Å²) in [4.78, 5) is 39.1. The molecule has 3 rings (SSSR count). The van der Waals surface area contributed by atoms with E-state index in [0.29, 0.717) is 30.4 Å². The van der Waals surface area contributed by atoms with Gasteiger partial charge in [0.1, 0.15) is 0 Å². The molecule has 2 aromatic rings. The molecular formula is C24H29N5O4S. The summed E-state index contributed by atoms with van der Waals surface area (Å²) in [5.41, 5.74) is 0.899. The molecule has 0 aliphatic heterocycles. The van der Waals surface area contributed by atoms with E-state index in [4.69, 9.17) is 9.68 Å². The molecule has 2 amide bonds. The summed E-state index contributed by atoms with van der Waals surface area (Å²) < 4.78 is 5.39. The van der Waals surface area contributed by atoms with Gasteiger partial charge in [0.2, 0.25) is 11.7 Å². The Bertz CT molecular complexity index is 1060. The van der Waals surface area contributed by atoms with Gasteiger partial charge in [0.15, 0.2) is 0 Å². The molecule has 0 unspecified atom stereocenters. The van der Waals surface area contributed by atoms with Crippen molar-refractivity contribution in [3.63, 3.8) is 0 Å². The maximum Gasteiger partial charge on any atom is 0.286 e. The molecule has 3 atom stereocenters. The highest BCUT2D eigenvalue weighted by atomic mass is 32.2. The molecule has 0 spiro atoms. The van der Waals surface area contributed by atoms with E-state index in [1.165, 1.54) is 11.8 Å². The van der Waals surface area contributed by atoms with Crippen LogP contribution in [0, 0.1) is 23.2 Å². The number of thioether (sulfide) groups is 1. The number of nitrogens with zero attached hydrogens (tertiary/aromatic N) is 3. The molecule has 0 saturated heterocycles. The highest BCUT2D eigenvalue weighted by Crippen LogP contribution is 2.26. The van der Waals surface area contributed by atoms with E-state index in [0.717, 1.165) is 12.8 Å². The average Bonchev–Trinajstić information content (AvgIpc) is 3.32. The maximum absolute atomic E-state index is 13.3. The van der Waals surface area contributed by atoms with Crippen molar-refractivity contribution in [1.82, 2.24) is 20.8 Å². The van der Waals surface area contributed by atoms with Gasteiger partial charge in [-0.1, -0.05) is 38.5 Å². The van der Waals surface area contributed by atoms with Crippen molar-refractivity contribution in [3.8, 4) is 6.07 Å². The predicted molar refractivity (Wildman–Crippen MR) is 126 cm³/mol. The quantitative estimate of drug-likeness (QED) is 0.409. The van der Waals surface area contributed by atoms with Gasteiger partial charge in [0, 0.05) is 11.6 Å². The topological polar surface area (TPSA) is 138 Å². The van der Waals surface area contributed by atoms with Crippen LogP contribution in [0.15, 0.2) is 33.9 Å². The number of carbonyl (C=O) groups excluding carboxylic acids is 3. The van der Waals surface area contributed by atoms with Crippen molar-refractivity contribution in [3.05, 3.63) is 41.3 Å². The monoisotopic (exact) mass is 483 g/mol. The van der Waals surface area contributed by atoms with Crippen molar-refractivity contribution in [2.75, 3.05) is 6.26 Å². The van der Waals surface area contributed by atoms with Gasteiger partial charge in [-0.15, -0.1) is 10.2 Å². The molecule has 1 aliphatic carbocycles. The third-order valence-electron chi connectivity index (χ3n) is 5.83. The first-order valence-corrected chi connectivity index (χ1v) is 12.6. The third-order valence-corrected chi connectivity index (χ3v) is 6.34. The summed E-state index contributed by atoms with van der Waals surface area (Å²) in [5.74, 6) is -1.40. The Morgan fingerprint density at radius 2 is 1.88 bits per heavy atom. The summed E-state index contributed by atoms with van der Waals surface area (Å²) >= 11 is 1.24. The van der Waals surface area contributed by atoms with Gasteiger partial charge in [-0.3, -0.25) is 14.4 Å². The van der Waals surface area contributed by atoms with Crippen LogP contribution in [-0.2, 0) is 4.79 Å².